The number of hydrogen-bond acceptors (Lipinski definition) is 2. The Kier molecular flexibility index (Phi) is 3.10. The van der Waals surface area contributed by atoms with Gasteiger partial charge in [-0.1, -0.05) is 60.7 Å². The molecule has 22 heavy (non-hydrogen) atoms. The van der Waals surface area contributed by atoms with Crippen molar-refractivity contribution < 1.29 is 5.11 Å². The van der Waals surface area contributed by atoms with Gasteiger partial charge in [-0.05, 0) is 27.8 Å². The molecule has 0 spiro atoms. The minimum absolute atomic E-state index is 0.00503. The fraction of sp³-hybridized carbons (Fsp3) is 0.0500. The molecule has 0 aliphatic heterocycles. The molecule has 1 heterocycles. The molecule has 1 aromatic heterocycles. The molecule has 2 heteroatoms. The van der Waals surface area contributed by atoms with E-state index in [2.05, 4.69) is 35.3 Å². The van der Waals surface area contributed by atoms with Crippen molar-refractivity contribution in [3.05, 3.63) is 78.5 Å². The van der Waals surface area contributed by atoms with Crippen LogP contribution in [0.4, 0.5) is 0 Å². The second kappa shape index (κ2) is 5.24. The van der Waals surface area contributed by atoms with Gasteiger partial charge in [0.25, 0.3) is 0 Å². The lowest BCUT2D eigenvalue weighted by molar-refractivity contribution is 0.282. The van der Waals surface area contributed by atoms with Crippen molar-refractivity contribution in [3.63, 3.8) is 0 Å². The Morgan fingerprint density at radius 1 is 0.727 bits per heavy atom. The fourth-order valence-corrected chi connectivity index (χ4v) is 3.05. The van der Waals surface area contributed by atoms with Crippen LogP contribution in [0.3, 0.4) is 0 Å². The van der Waals surface area contributed by atoms with E-state index in [9.17, 15) is 5.11 Å². The maximum Gasteiger partial charge on any atom is 0.0790 e. The van der Waals surface area contributed by atoms with E-state index >= 15 is 0 Å². The highest BCUT2D eigenvalue weighted by Gasteiger charge is 2.13. The monoisotopic (exact) mass is 285 g/mol. The fourth-order valence-electron chi connectivity index (χ4n) is 3.05. The quantitative estimate of drug-likeness (QED) is 0.586. The van der Waals surface area contributed by atoms with Gasteiger partial charge in [0.1, 0.15) is 0 Å². The lowest BCUT2D eigenvalue weighted by atomic mass is 9.94. The SMILES string of the molecule is OCc1ccc2ccccc2c1-c1nccc2ccccc12. The van der Waals surface area contributed by atoms with E-state index in [0.717, 1.165) is 38.4 Å². The van der Waals surface area contributed by atoms with Crippen molar-refractivity contribution in [2.45, 2.75) is 6.61 Å². The minimum Gasteiger partial charge on any atom is -0.392 e. The third kappa shape index (κ3) is 1.97. The molecule has 0 bridgehead atoms. The molecule has 0 aliphatic rings. The largest absolute Gasteiger partial charge is 0.392 e. The van der Waals surface area contributed by atoms with Crippen LogP contribution in [0.2, 0.25) is 0 Å². The van der Waals surface area contributed by atoms with Gasteiger partial charge in [-0.25, -0.2) is 0 Å². The zero-order valence-corrected chi connectivity index (χ0v) is 12.0. The standard InChI is InChI=1S/C20H15NO/c22-13-16-10-9-14-5-1-3-7-17(14)19(16)20-18-8-4-2-6-15(18)11-12-21-20/h1-12,22H,13H2. The molecule has 0 saturated carbocycles. The summed E-state index contributed by atoms with van der Waals surface area (Å²) < 4.78 is 0. The molecule has 2 nitrogen and oxygen atoms in total. The summed E-state index contributed by atoms with van der Waals surface area (Å²) in [5, 5.41) is 14.3. The van der Waals surface area contributed by atoms with Crippen LogP contribution in [0.15, 0.2) is 72.9 Å². The molecule has 0 atom stereocenters. The number of rotatable bonds is 2. The Balaban J connectivity index is 2.16. The molecular formula is C20H15NO. The van der Waals surface area contributed by atoms with Gasteiger partial charge in [-0.15, -0.1) is 0 Å². The average molecular weight is 285 g/mol. The number of aliphatic hydroxyl groups is 1. The van der Waals surface area contributed by atoms with Gasteiger partial charge >= 0.3 is 0 Å². The number of hydrogen-bond donors (Lipinski definition) is 1. The molecular weight excluding hydrogens is 270 g/mol. The predicted octanol–water partition coefficient (Wildman–Crippen LogP) is 4.55. The number of nitrogens with zero attached hydrogens (tertiary/aromatic N) is 1. The van der Waals surface area contributed by atoms with Crippen LogP contribution in [-0.2, 0) is 6.61 Å². The second-order valence-electron chi connectivity index (χ2n) is 5.36. The highest BCUT2D eigenvalue weighted by Crippen LogP contribution is 2.35. The van der Waals surface area contributed by atoms with E-state index in [1.807, 2.05) is 42.6 Å². The van der Waals surface area contributed by atoms with Crippen LogP contribution < -0.4 is 0 Å². The van der Waals surface area contributed by atoms with Crippen molar-refractivity contribution in [2.24, 2.45) is 0 Å². The summed E-state index contributed by atoms with van der Waals surface area (Å²) in [6.07, 6.45) is 1.83. The summed E-state index contributed by atoms with van der Waals surface area (Å²) in [6.45, 7) is 0.00503. The Morgan fingerprint density at radius 3 is 2.18 bits per heavy atom. The summed E-state index contributed by atoms with van der Waals surface area (Å²) in [5.41, 5.74) is 2.86. The van der Waals surface area contributed by atoms with E-state index in [1.165, 1.54) is 0 Å². The van der Waals surface area contributed by atoms with Crippen LogP contribution in [0.5, 0.6) is 0 Å². The maximum atomic E-state index is 9.78. The summed E-state index contributed by atoms with van der Waals surface area (Å²) in [7, 11) is 0. The third-order valence-corrected chi connectivity index (χ3v) is 4.10. The lowest BCUT2D eigenvalue weighted by Crippen LogP contribution is -1.94. The molecule has 1 N–H and O–H groups in total. The van der Waals surface area contributed by atoms with Gasteiger partial charge in [-0.2, -0.15) is 0 Å². The number of fused-ring (bicyclic) bond motifs is 2. The first-order chi connectivity index (χ1) is 10.9. The topological polar surface area (TPSA) is 33.1 Å². The van der Waals surface area contributed by atoms with Crippen molar-refractivity contribution in [3.8, 4) is 11.3 Å². The van der Waals surface area contributed by atoms with Crippen molar-refractivity contribution in [1.29, 1.82) is 0 Å². The van der Waals surface area contributed by atoms with Gasteiger partial charge in [-0.3, -0.25) is 4.98 Å². The number of aliphatic hydroxyl groups excluding tert-OH is 1. The zero-order chi connectivity index (χ0) is 14.9. The molecule has 4 aromatic rings. The first kappa shape index (κ1) is 13.0. The van der Waals surface area contributed by atoms with Gasteiger partial charge < -0.3 is 5.11 Å². The third-order valence-electron chi connectivity index (χ3n) is 4.10. The van der Waals surface area contributed by atoms with Gasteiger partial charge in [0.05, 0.1) is 12.3 Å². The molecule has 0 aliphatic carbocycles. The molecule has 4 rings (SSSR count). The summed E-state index contributed by atoms with van der Waals surface area (Å²) in [5.74, 6) is 0. The first-order valence-corrected chi connectivity index (χ1v) is 7.34. The molecule has 0 amide bonds. The Labute approximate surface area is 128 Å². The first-order valence-electron chi connectivity index (χ1n) is 7.34. The highest BCUT2D eigenvalue weighted by atomic mass is 16.3. The Hall–Kier alpha value is -2.71. The molecule has 0 saturated heterocycles. The summed E-state index contributed by atoms with van der Waals surface area (Å²) in [4.78, 5) is 4.62. The Bertz CT molecular complexity index is 970. The van der Waals surface area contributed by atoms with Gasteiger partial charge in [0.2, 0.25) is 0 Å². The molecule has 0 fully saturated rings. The lowest BCUT2D eigenvalue weighted by Gasteiger charge is -2.13. The van der Waals surface area contributed by atoms with Gasteiger partial charge in [0, 0.05) is 17.1 Å². The molecule has 106 valence electrons. The summed E-state index contributed by atoms with van der Waals surface area (Å²) >= 11 is 0. The number of benzene rings is 3. The van der Waals surface area contributed by atoms with Crippen LogP contribution in [-0.4, -0.2) is 10.1 Å². The van der Waals surface area contributed by atoms with Crippen LogP contribution >= 0.6 is 0 Å². The van der Waals surface area contributed by atoms with E-state index in [0.29, 0.717) is 0 Å². The van der Waals surface area contributed by atoms with E-state index in [-0.39, 0.29) is 6.61 Å². The minimum atomic E-state index is 0.00503. The van der Waals surface area contributed by atoms with Crippen molar-refractivity contribution >= 4 is 21.5 Å². The van der Waals surface area contributed by atoms with Crippen LogP contribution in [0.1, 0.15) is 5.56 Å². The average Bonchev–Trinajstić information content (AvgIpc) is 2.60. The highest BCUT2D eigenvalue weighted by molar-refractivity contribution is 6.05. The zero-order valence-electron chi connectivity index (χ0n) is 12.0. The van der Waals surface area contributed by atoms with E-state index in [4.69, 9.17) is 0 Å². The maximum absolute atomic E-state index is 9.78. The smallest absolute Gasteiger partial charge is 0.0790 e. The number of aromatic nitrogens is 1. The van der Waals surface area contributed by atoms with Crippen molar-refractivity contribution in [2.75, 3.05) is 0 Å². The van der Waals surface area contributed by atoms with E-state index in [1.54, 1.807) is 0 Å². The summed E-state index contributed by atoms with van der Waals surface area (Å²) in [6, 6.07) is 22.5. The van der Waals surface area contributed by atoms with Gasteiger partial charge in [0.15, 0.2) is 0 Å². The second-order valence-corrected chi connectivity index (χ2v) is 5.36. The number of pyridine rings is 1. The molecule has 0 unspecified atom stereocenters. The molecule has 0 radical (unpaired) electrons. The molecule has 3 aromatic carbocycles. The van der Waals surface area contributed by atoms with E-state index < -0.39 is 0 Å². The van der Waals surface area contributed by atoms with Crippen LogP contribution in [0, 0.1) is 0 Å². The predicted molar refractivity (Wildman–Crippen MR) is 90.6 cm³/mol. The van der Waals surface area contributed by atoms with Crippen molar-refractivity contribution in [1.82, 2.24) is 4.98 Å². The van der Waals surface area contributed by atoms with Crippen LogP contribution in [0.25, 0.3) is 32.8 Å². The normalized spacial score (nSPS) is 11.1. The Morgan fingerprint density at radius 2 is 1.41 bits per heavy atom.